The van der Waals surface area contributed by atoms with Gasteiger partial charge in [0.05, 0.1) is 12.6 Å². The van der Waals surface area contributed by atoms with E-state index in [4.69, 9.17) is 10.2 Å². The summed E-state index contributed by atoms with van der Waals surface area (Å²) >= 11 is 0. The van der Waals surface area contributed by atoms with Crippen LogP contribution in [0.2, 0.25) is 0 Å². The van der Waals surface area contributed by atoms with Crippen molar-refractivity contribution in [1.82, 2.24) is 10.6 Å². The molecule has 0 heterocycles. The standard InChI is InChI=1S/C9H16N2O5/c1-9(2,3)6(11-8(15)16)5(12)4-10-7(13)14/h6,10-11H,4H2,1-3H3,(H,13,14)(H,15,16). The normalized spacial score (nSPS) is 12.7. The van der Waals surface area contributed by atoms with Crippen LogP contribution in [-0.2, 0) is 4.79 Å². The van der Waals surface area contributed by atoms with Crippen LogP contribution in [0.15, 0.2) is 0 Å². The number of carbonyl (C=O) groups excluding carboxylic acids is 1. The fourth-order valence-electron chi connectivity index (χ4n) is 1.17. The van der Waals surface area contributed by atoms with Crippen molar-refractivity contribution in [3.8, 4) is 0 Å². The summed E-state index contributed by atoms with van der Waals surface area (Å²) in [6.07, 6.45) is -2.64. The molecule has 16 heavy (non-hydrogen) atoms. The lowest BCUT2D eigenvalue weighted by atomic mass is 9.84. The summed E-state index contributed by atoms with van der Waals surface area (Å²) < 4.78 is 0. The van der Waals surface area contributed by atoms with E-state index >= 15 is 0 Å². The first kappa shape index (κ1) is 14.2. The fraction of sp³-hybridized carbons (Fsp3) is 0.667. The molecule has 0 bridgehead atoms. The molecule has 0 aromatic heterocycles. The van der Waals surface area contributed by atoms with Crippen LogP contribution in [-0.4, -0.2) is 40.8 Å². The minimum Gasteiger partial charge on any atom is -0.465 e. The van der Waals surface area contributed by atoms with Crippen molar-refractivity contribution < 1.29 is 24.6 Å². The van der Waals surface area contributed by atoms with E-state index in [-0.39, 0.29) is 0 Å². The summed E-state index contributed by atoms with van der Waals surface area (Å²) in [6.45, 7) is 4.64. The number of ketones is 1. The summed E-state index contributed by atoms with van der Waals surface area (Å²) in [5.74, 6) is -0.516. The van der Waals surface area contributed by atoms with Crippen LogP contribution >= 0.6 is 0 Å². The Labute approximate surface area is 92.8 Å². The average molecular weight is 232 g/mol. The van der Waals surface area contributed by atoms with Gasteiger partial charge in [0.15, 0.2) is 5.78 Å². The molecule has 0 fully saturated rings. The Morgan fingerprint density at radius 2 is 1.62 bits per heavy atom. The van der Waals surface area contributed by atoms with E-state index in [1.807, 2.05) is 5.32 Å². The minimum atomic E-state index is -1.32. The Balaban J connectivity index is 4.57. The highest BCUT2D eigenvalue weighted by atomic mass is 16.4. The number of amides is 2. The van der Waals surface area contributed by atoms with Crippen LogP contribution in [0.25, 0.3) is 0 Å². The van der Waals surface area contributed by atoms with Crippen molar-refractivity contribution in [2.24, 2.45) is 5.41 Å². The van der Waals surface area contributed by atoms with Gasteiger partial charge in [-0.1, -0.05) is 20.8 Å². The fourth-order valence-corrected chi connectivity index (χ4v) is 1.17. The van der Waals surface area contributed by atoms with E-state index < -0.39 is 36.0 Å². The summed E-state index contributed by atoms with van der Waals surface area (Å²) in [6, 6.07) is -0.947. The smallest absolute Gasteiger partial charge is 0.405 e. The third kappa shape index (κ3) is 5.18. The monoisotopic (exact) mass is 232 g/mol. The van der Waals surface area contributed by atoms with Crippen LogP contribution < -0.4 is 10.6 Å². The Bertz CT molecular complexity index is 295. The van der Waals surface area contributed by atoms with Gasteiger partial charge < -0.3 is 20.8 Å². The molecule has 4 N–H and O–H groups in total. The Hall–Kier alpha value is -1.79. The van der Waals surface area contributed by atoms with Crippen molar-refractivity contribution in [1.29, 1.82) is 0 Å². The molecule has 0 radical (unpaired) electrons. The maximum atomic E-state index is 11.6. The maximum Gasteiger partial charge on any atom is 0.405 e. The first-order valence-corrected chi connectivity index (χ1v) is 4.63. The van der Waals surface area contributed by atoms with Gasteiger partial charge in [0.1, 0.15) is 0 Å². The van der Waals surface area contributed by atoms with E-state index in [2.05, 4.69) is 5.32 Å². The highest BCUT2D eigenvalue weighted by Gasteiger charge is 2.32. The molecule has 7 heteroatoms. The number of carboxylic acid groups (broad SMARTS) is 2. The second kappa shape index (κ2) is 5.34. The summed E-state index contributed by atoms with van der Waals surface area (Å²) in [7, 11) is 0. The molecular formula is C9H16N2O5. The minimum absolute atomic E-state index is 0.419. The van der Waals surface area contributed by atoms with Gasteiger partial charge in [0.2, 0.25) is 0 Å². The molecule has 0 aliphatic heterocycles. The topological polar surface area (TPSA) is 116 Å². The molecular weight excluding hydrogens is 216 g/mol. The summed E-state index contributed by atoms with van der Waals surface area (Å²) in [5, 5.41) is 20.9. The van der Waals surface area contributed by atoms with Crippen molar-refractivity contribution in [3.05, 3.63) is 0 Å². The van der Waals surface area contributed by atoms with Crippen molar-refractivity contribution in [2.75, 3.05) is 6.54 Å². The quantitative estimate of drug-likeness (QED) is 0.563. The third-order valence-electron chi connectivity index (χ3n) is 1.87. The SMILES string of the molecule is CC(C)(C)C(NC(=O)O)C(=O)CNC(=O)O. The van der Waals surface area contributed by atoms with E-state index in [0.29, 0.717) is 0 Å². The lowest BCUT2D eigenvalue weighted by molar-refractivity contribution is -0.122. The highest BCUT2D eigenvalue weighted by Crippen LogP contribution is 2.19. The first-order valence-electron chi connectivity index (χ1n) is 4.63. The zero-order valence-corrected chi connectivity index (χ0v) is 9.40. The van der Waals surface area contributed by atoms with Gasteiger partial charge in [0.25, 0.3) is 0 Å². The molecule has 0 rings (SSSR count). The van der Waals surface area contributed by atoms with Crippen molar-refractivity contribution in [3.63, 3.8) is 0 Å². The number of carbonyl (C=O) groups is 3. The van der Waals surface area contributed by atoms with Gasteiger partial charge in [-0.2, -0.15) is 0 Å². The lowest BCUT2D eigenvalue weighted by Crippen LogP contribution is -2.51. The molecule has 7 nitrogen and oxygen atoms in total. The zero-order chi connectivity index (χ0) is 12.9. The number of rotatable bonds is 4. The highest BCUT2D eigenvalue weighted by molar-refractivity contribution is 5.91. The van der Waals surface area contributed by atoms with Crippen LogP contribution in [0.1, 0.15) is 20.8 Å². The second-order valence-corrected chi connectivity index (χ2v) is 4.37. The zero-order valence-electron chi connectivity index (χ0n) is 9.40. The first-order chi connectivity index (χ1) is 7.14. The number of nitrogens with one attached hydrogen (secondary N) is 2. The Morgan fingerprint density at radius 3 is 1.94 bits per heavy atom. The number of hydrogen-bond acceptors (Lipinski definition) is 3. The molecule has 0 aromatic rings. The molecule has 92 valence electrons. The van der Waals surface area contributed by atoms with Gasteiger partial charge in [-0.3, -0.25) is 4.79 Å². The van der Waals surface area contributed by atoms with Gasteiger partial charge in [-0.05, 0) is 5.41 Å². The third-order valence-corrected chi connectivity index (χ3v) is 1.87. The largest absolute Gasteiger partial charge is 0.465 e. The molecule has 1 unspecified atom stereocenters. The summed E-state index contributed by atoms with van der Waals surface area (Å²) in [5.41, 5.74) is -0.615. The molecule has 1 atom stereocenters. The molecule has 0 aliphatic rings. The van der Waals surface area contributed by atoms with E-state index in [0.717, 1.165) is 0 Å². The van der Waals surface area contributed by atoms with Crippen molar-refractivity contribution >= 4 is 18.0 Å². The number of hydrogen-bond donors (Lipinski definition) is 4. The van der Waals surface area contributed by atoms with E-state index in [1.165, 1.54) is 0 Å². The number of Topliss-reactive ketones (excluding diaryl/α,β-unsaturated/α-hetero) is 1. The lowest BCUT2D eigenvalue weighted by Gasteiger charge is -2.29. The second-order valence-electron chi connectivity index (χ2n) is 4.37. The molecule has 0 saturated heterocycles. The molecule has 0 saturated carbocycles. The Kier molecular flexibility index (Phi) is 4.74. The molecule has 0 spiro atoms. The van der Waals surface area contributed by atoms with Crippen molar-refractivity contribution in [2.45, 2.75) is 26.8 Å². The Morgan fingerprint density at radius 1 is 1.12 bits per heavy atom. The van der Waals surface area contributed by atoms with Gasteiger partial charge in [-0.25, -0.2) is 9.59 Å². The molecule has 2 amide bonds. The van der Waals surface area contributed by atoms with E-state index in [1.54, 1.807) is 20.8 Å². The van der Waals surface area contributed by atoms with Gasteiger partial charge in [0, 0.05) is 0 Å². The van der Waals surface area contributed by atoms with Crippen LogP contribution in [0.4, 0.5) is 9.59 Å². The van der Waals surface area contributed by atoms with Gasteiger partial charge >= 0.3 is 12.2 Å². The van der Waals surface area contributed by atoms with Crippen LogP contribution in [0.3, 0.4) is 0 Å². The molecule has 0 aliphatic carbocycles. The predicted molar refractivity (Wildman–Crippen MR) is 55.4 cm³/mol. The van der Waals surface area contributed by atoms with Gasteiger partial charge in [-0.15, -0.1) is 0 Å². The van der Waals surface area contributed by atoms with Crippen LogP contribution in [0.5, 0.6) is 0 Å². The van der Waals surface area contributed by atoms with Crippen LogP contribution in [0, 0.1) is 5.41 Å². The molecule has 0 aromatic carbocycles. The predicted octanol–water partition coefficient (Wildman–Crippen LogP) is 0.505. The summed E-state index contributed by atoms with van der Waals surface area (Å²) in [4.78, 5) is 32.3. The average Bonchev–Trinajstić information content (AvgIpc) is 2.08. The van der Waals surface area contributed by atoms with E-state index in [9.17, 15) is 14.4 Å². The maximum absolute atomic E-state index is 11.6.